The van der Waals surface area contributed by atoms with Gasteiger partial charge in [-0.05, 0) is 50.8 Å². The quantitative estimate of drug-likeness (QED) is 0.398. The van der Waals surface area contributed by atoms with Crippen LogP contribution in [0.15, 0.2) is 48.5 Å². The number of nitrogens with one attached hydrogen (secondary N) is 2. The largest absolute Gasteiger partial charge is 0.508 e. The third-order valence-electron chi connectivity index (χ3n) is 6.56. The van der Waals surface area contributed by atoms with E-state index >= 15 is 0 Å². The average molecular weight is 528 g/mol. The summed E-state index contributed by atoms with van der Waals surface area (Å²) in [5.74, 6) is -0.901. The number of rotatable bonds is 9. The molecule has 0 spiro atoms. The number of carbonyl (C=O) groups excluding carboxylic acids is 3. The second-order valence-corrected chi connectivity index (χ2v) is 12.0. The van der Waals surface area contributed by atoms with Crippen molar-refractivity contribution in [2.75, 3.05) is 12.4 Å². The van der Waals surface area contributed by atoms with Crippen LogP contribution in [0, 0.1) is 12.8 Å². The number of hydrogen-bond acceptors (Lipinski definition) is 6. The van der Waals surface area contributed by atoms with Gasteiger partial charge >= 0.3 is 0 Å². The fourth-order valence-electron chi connectivity index (χ4n) is 4.38. The molecule has 1 unspecified atom stereocenters. The number of aromatic hydroxyl groups is 1. The van der Waals surface area contributed by atoms with E-state index in [4.69, 9.17) is 0 Å². The fraction of sp³-hybridized carbons (Fsp3) is 0.464. The van der Waals surface area contributed by atoms with E-state index in [1.54, 1.807) is 19.1 Å². The normalized spacial score (nSPS) is 18.4. The van der Waals surface area contributed by atoms with Crippen LogP contribution >= 0.6 is 11.8 Å². The molecule has 9 heteroatoms. The van der Waals surface area contributed by atoms with Crippen molar-refractivity contribution in [1.82, 2.24) is 15.5 Å². The van der Waals surface area contributed by atoms with Crippen LogP contribution in [0.1, 0.15) is 49.2 Å². The molecule has 1 aliphatic heterocycles. The molecule has 37 heavy (non-hydrogen) atoms. The minimum atomic E-state index is -1.59. The van der Waals surface area contributed by atoms with Gasteiger partial charge in [0.1, 0.15) is 11.8 Å². The van der Waals surface area contributed by atoms with Crippen molar-refractivity contribution < 1.29 is 24.6 Å². The number of hydrogen-bond donors (Lipinski definition) is 4. The Kier molecular flexibility index (Phi) is 9.26. The van der Waals surface area contributed by atoms with Crippen LogP contribution in [-0.4, -0.2) is 68.2 Å². The number of aliphatic hydroxyl groups is 1. The molecule has 8 nitrogen and oxygen atoms in total. The second kappa shape index (κ2) is 12.0. The van der Waals surface area contributed by atoms with Crippen LogP contribution in [-0.2, 0) is 16.0 Å². The minimum absolute atomic E-state index is 0.0181. The Morgan fingerprint density at radius 1 is 1.11 bits per heavy atom. The van der Waals surface area contributed by atoms with Crippen LogP contribution in [0.5, 0.6) is 5.75 Å². The Morgan fingerprint density at radius 3 is 2.43 bits per heavy atom. The van der Waals surface area contributed by atoms with Crippen LogP contribution in [0.4, 0.5) is 0 Å². The lowest BCUT2D eigenvalue weighted by Gasteiger charge is -2.33. The van der Waals surface area contributed by atoms with Gasteiger partial charge in [0.2, 0.25) is 5.91 Å². The van der Waals surface area contributed by atoms with E-state index < -0.39 is 34.7 Å². The Balaban J connectivity index is 1.87. The lowest BCUT2D eigenvalue weighted by molar-refractivity contribution is -0.147. The van der Waals surface area contributed by atoms with E-state index in [0.717, 1.165) is 5.56 Å². The molecule has 4 N–H and O–H groups in total. The zero-order valence-electron chi connectivity index (χ0n) is 22.0. The van der Waals surface area contributed by atoms with Gasteiger partial charge in [-0.25, -0.2) is 0 Å². The summed E-state index contributed by atoms with van der Waals surface area (Å²) in [6.45, 7) is 9.91. The lowest BCUT2D eigenvalue weighted by atomic mass is 9.96. The first kappa shape index (κ1) is 28.5. The smallest absolute Gasteiger partial charge is 0.254 e. The average Bonchev–Trinajstić information content (AvgIpc) is 3.18. The first-order chi connectivity index (χ1) is 17.4. The van der Waals surface area contributed by atoms with E-state index in [-0.39, 0.29) is 35.4 Å². The van der Waals surface area contributed by atoms with Crippen molar-refractivity contribution in [3.8, 4) is 5.75 Å². The van der Waals surface area contributed by atoms with Crippen molar-refractivity contribution in [1.29, 1.82) is 0 Å². The topological polar surface area (TPSA) is 119 Å². The molecule has 1 fully saturated rings. The maximum Gasteiger partial charge on any atom is 0.254 e. The molecule has 1 aliphatic rings. The predicted octanol–water partition coefficient (Wildman–Crippen LogP) is 2.85. The van der Waals surface area contributed by atoms with Gasteiger partial charge in [0.15, 0.2) is 6.10 Å². The summed E-state index contributed by atoms with van der Waals surface area (Å²) >= 11 is 1.47. The molecule has 3 atom stereocenters. The van der Waals surface area contributed by atoms with Crippen LogP contribution in [0.2, 0.25) is 0 Å². The highest BCUT2D eigenvalue weighted by atomic mass is 32.2. The van der Waals surface area contributed by atoms with Gasteiger partial charge in [0, 0.05) is 22.4 Å². The van der Waals surface area contributed by atoms with E-state index in [0.29, 0.717) is 12.1 Å². The Morgan fingerprint density at radius 2 is 1.78 bits per heavy atom. The van der Waals surface area contributed by atoms with Crippen LogP contribution in [0.25, 0.3) is 0 Å². The highest BCUT2D eigenvalue weighted by molar-refractivity contribution is 8.00. The Bertz CT molecular complexity index is 1120. The van der Waals surface area contributed by atoms with Gasteiger partial charge in [0.25, 0.3) is 11.8 Å². The summed E-state index contributed by atoms with van der Waals surface area (Å²) in [5.41, 5.74) is 1.48. The number of amides is 3. The van der Waals surface area contributed by atoms with Crippen molar-refractivity contribution in [3.05, 3.63) is 65.2 Å². The molecule has 3 rings (SSSR count). The van der Waals surface area contributed by atoms with Crippen LogP contribution in [0.3, 0.4) is 0 Å². The third kappa shape index (κ3) is 6.84. The molecular weight excluding hydrogens is 490 g/mol. The van der Waals surface area contributed by atoms with Gasteiger partial charge in [-0.2, -0.15) is 0 Å². The second-order valence-electron chi connectivity index (χ2n) is 10.4. The molecule has 3 amide bonds. The predicted molar refractivity (Wildman–Crippen MR) is 145 cm³/mol. The number of carbonyl (C=O) groups is 3. The molecule has 0 saturated carbocycles. The minimum Gasteiger partial charge on any atom is -0.508 e. The van der Waals surface area contributed by atoms with Gasteiger partial charge in [-0.1, -0.05) is 50.2 Å². The summed E-state index contributed by atoms with van der Waals surface area (Å²) in [7, 11) is 0. The molecule has 0 aromatic heterocycles. The molecule has 1 heterocycles. The highest BCUT2D eigenvalue weighted by Crippen LogP contribution is 2.40. The van der Waals surface area contributed by atoms with E-state index in [2.05, 4.69) is 10.6 Å². The maximum absolute atomic E-state index is 13.6. The molecule has 200 valence electrons. The number of benzene rings is 2. The molecular formula is C28H37N3O5S. The molecule has 0 radical (unpaired) electrons. The number of aliphatic hydroxyl groups excluding tert-OH is 1. The van der Waals surface area contributed by atoms with Crippen molar-refractivity contribution >= 4 is 29.5 Å². The Hall–Kier alpha value is -3.04. The Labute approximate surface area is 222 Å². The third-order valence-corrected chi connectivity index (χ3v) is 7.94. The SMILES string of the molecule is Cc1c(O)cccc1C(=O)N[C@@H](Cc1ccccc1)[C@H](O)C(=O)N1CSC(C)(C)C1C(=O)NCC(C)C. The summed E-state index contributed by atoms with van der Waals surface area (Å²) < 4.78 is -0.548. The van der Waals surface area contributed by atoms with Crippen molar-refractivity contribution in [2.24, 2.45) is 5.92 Å². The standard InChI is InChI=1S/C28H37N3O5S/c1-17(2)15-29-26(35)24-28(4,5)37-16-31(24)27(36)23(33)21(14-19-10-7-6-8-11-19)30-25(34)20-12-9-13-22(32)18(20)3/h6-13,17,21,23-24,32-33H,14-16H2,1-5H3,(H,29,35)(H,30,34)/t21-,23-,24?/m0/s1. The summed E-state index contributed by atoms with van der Waals surface area (Å²) in [5, 5.41) is 27.1. The number of thioether (sulfide) groups is 1. The van der Waals surface area contributed by atoms with Crippen LogP contribution < -0.4 is 10.6 Å². The molecule has 2 aromatic rings. The highest BCUT2D eigenvalue weighted by Gasteiger charge is 2.49. The van der Waals surface area contributed by atoms with Gasteiger partial charge in [0.05, 0.1) is 11.9 Å². The van der Waals surface area contributed by atoms with E-state index in [1.807, 2.05) is 58.0 Å². The number of nitrogens with zero attached hydrogens (tertiary/aromatic N) is 1. The zero-order valence-corrected chi connectivity index (χ0v) is 22.8. The molecule has 0 aliphatic carbocycles. The van der Waals surface area contributed by atoms with Crippen molar-refractivity contribution in [2.45, 2.75) is 64.0 Å². The summed E-state index contributed by atoms with van der Waals surface area (Å²) in [6.07, 6.45) is -1.39. The zero-order chi connectivity index (χ0) is 27.3. The molecule has 0 bridgehead atoms. The van der Waals surface area contributed by atoms with E-state index in [9.17, 15) is 24.6 Å². The summed E-state index contributed by atoms with van der Waals surface area (Å²) in [4.78, 5) is 41.3. The molecule has 1 saturated heterocycles. The fourth-order valence-corrected chi connectivity index (χ4v) is 5.52. The van der Waals surface area contributed by atoms with Gasteiger partial charge < -0.3 is 25.7 Å². The number of phenols is 1. The number of phenolic OH excluding ortho intramolecular Hbond substituents is 1. The monoisotopic (exact) mass is 527 g/mol. The maximum atomic E-state index is 13.6. The summed E-state index contributed by atoms with van der Waals surface area (Å²) in [6, 6.07) is 12.2. The van der Waals surface area contributed by atoms with Gasteiger partial charge in [-0.3, -0.25) is 14.4 Å². The van der Waals surface area contributed by atoms with Gasteiger partial charge in [-0.15, -0.1) is 11.8 Å². The lowest BCUT2D eigenvalue weighted by Crippen LogP contribution is -2.59. The van der Waals surface area contributed by atoms with E-state index in [1.165, 1.54) is 22.7 Å². The first-order valence-electron chi connectivity index (χ1n) is 12.5. The van der Waals surface area contributed by atoms with Crippen molar-refractivity contribution in [3.63, 3.8) is 0 Å². The first-order valence-corrected chi connectivity index (χ1v) is 13.4. The molecule has 2 aromatic carbocycles.